The zero-order valence-corrected chi connectivity index (χ0v) is 11.4. The number of nitrogens with zero attached hydrogens (tertiary/aromatic N) is 1. The number of amides is 1. The first kappa shape index (κ1) is 13.4. The van der Waals surface area contributed by atoms with Gasteiger partial charge in [-0.05, 0) is 35.2 Å². The molecule has 1 saturated heterocycles. The molecule has 1 aromatic heterocycles. The van der Waals surface area contributed by atoms with E-state index >= 15 is 0 Å². The van der Waals surface area contributed by atoms with Gasteiger partial charge in [-0.25, -0.2) is 4.79 Å². The summed E-state index contributed by atoms with van der Waals surface area (Å²) >= 11 is 1.56. The molecular formula is C13H19NO3S. The third-order valence-electron chi connectivity index (χ3n) is 3.29. The molecule has 1 amide bonds. The predicted molar refractivity (Wildman–Crippen MR) is 70.7 cm³/mol. The molecule has 2 heterocycles. The number of carbonyl (C=O) groups excluding carboxylic acids is 1. The molecule has 0 aromatic carbocycles. The molecule has 100 valence electrons. The maximum absolute atomic E-state index is 11.8. The number of hydrogen-bond donors (Lipinski definition) is 1. The molecule has 0 aliphatic carbocycles. The number of carbonyl (C=O) groups is 1. The van der Waals surface area contributed by atoms with E-state index in [2.05, 4.69) is 6.92 Å². The van der Waals surface area contributed by atoms with Crippen LogP contribution in [0.2, 0.25) is 0 Å². The minimum Gasteiger partial charge on any atom is -0.449 e. The van der Waals surface area contributed by atoms with Crippen molar-refractivity contribution in [2.45, 2.75) is 31.8 Å². The SMILES string of the molecule is CCCCOC(=O)N1CCC(O)(c2ccsc2)C1. The Morgan fingerprint density at radius 1 is 1.67 bits per heavy atom. The van der Waals surface area contributed by atoms with Crippen molar-refractivity contribution in [1.82, 2.24) is 4.90 Å². The van der Waals surface area contributed by atoms with Crippen molar-refractivity contribution in [2.24, 2.45) is 0 Å². The fourth-order valence-electron chi connectivity index (χ4n) is 2.11. The van der Waals surface area contributed by atoms with Gasteiger partial charge in [-0.15, -0.1) is 0 Å². The average Bonchev–Trinajstić information content (AvgIpc) is 2.99. The Hall–Kier alpha value is -1.07. The van der Waals surface area contributed by atoms with Crippen LogP contribution in [-0.2, 0) is 10.3 Å². The maximum Gasteiger partial charge on any atom is 0.409 e. The molecule has 0 bridgehead atoms. The lowest BCUT2D eigenvalue weighted by molar-refractivity contribution is 0.0419. The van der Waals surface area contributed by atoms with Gasteiger partial charge in [-0.1, -0.05) is 13.3 Å². The molecule has 0 saturated carbocycles. The van der Waals surface area contributed by atoms with Gasteiger partial charge in [-0.3, -0.25) is 0 Å². The van der Waals surface area contributed by atoms with E-state index in [0.717, 1.165) is 18.4 Å². The molecule has 1 fully saturated rings. The second kappa shape index (κ2) is 5.71. The van der Waals surface area contributed by atoms with Crippen LogP contribution in [0, 0.1) is 0 Å². The Morgan fingerprint density at radius 2 is 2.50 bits per heavy atom. The fraction of sp³-hybridized carbons (Fsp3) is 0.615. The molecular weight excluding hydrogens is 250 g/mol. The summed E-state index contributed by atoms with van der Waals surface area (Å²) in [6.45, 7) is 3.40. The van der Waals surface area contributed by atoms with Crippen molar-refractivity contribution in [1.29, 1.82) is 0 Å². The van der Waals surface area contributed by atoms with Crippen molar-refractivity contribution in [3.63, 3.8) is 0 Å². The molecule has 0 radical (unpaired) electrons. The van der Waals surface area contributed by atoms with Crippen molar-refractivity contribution in [3.05, 3.63) is 22.4 Å². The van der Waals surface area contributed by atoms with Gasteiger partial charge in [0.1, 0.15) is 5.60 Å². The lowest BCUT2D eigenvalue weighted by atomic mass is 9.96. The summed E-state index contributed by atoms with van der Waals surface area (Å²) in [6, 6.07) is 1.91. The Bertz CT molecular complexity index is 393. The molecule has 5 heteroatoms. The van der Waals surface area contributed by atoms with Crippen LogP contribution in [0.1, 0.15) is 31.7 Å². The number of hydrogen-bond acceptors (Lipinski definition) is 4. The smallest absolute Gasteiger partial charge is 0.409 e. The van der Waals surface area contributed by atoms with E-state index in [1.54, 1.807) is 16.2 Å². The number of thiophene rings is 1. The van der Waals surface area contributed by atoms with Crippen molar-refractivity contribution >= 4 is 17.4 Å². The fourth-order valence-corrected chi connectivity index (χ4v) is 2.86. The van der Waals surface area contributed by atoms with E-state index < -0.39 is 5.60 Å². The number of aliphatic hydroxyl groups is 1. The Morgan fingerprint density at radius 3 is 3.17 bits per heavy atom. The van der Waals surface area contributed by atoms with Gasteiger partial charge in [0.15, 0.2) is 0 Å². The number of β-amino-alcohol motifs (C(OH)–C–C–N with tert-alkyl or cyclic N) is 1. The summed E-state index contributed by atoms with van der Waals surface area (Å²) in [6.07, 6.45) is 2.15. The van der Waals surface area contributed by atoms with E-state index in [4.69, 9.17) is 4.74 Å². The number of likely N-dealkylation sites (tertiary alicyclic amines) is 1. The normalized spacial score (nSPS) is 23.3. The monoisotopic (exact) mass is 269 g/mol. The molecule has 1 N–H and O–H groups in total. The molecule has 1 unspecified atom stereocenters. The first-order valence-corrected chi connectivity index (χ1v) is 7.27. The van der Waals surface area contributed by atoms with Crippen LogP contribution in [0.3, 0.4) is 0 Å². The molecule has 1 aromatic rings. The quantitative estimate of drug-likeness (QED) is 0.855. The summed E-state index contributed by atoms with van der Waals surface area (Å²) in [5, 5.41) is 14.4. The van der Waals surface area contributed by atoms with Gasteiger partial charge < -0.3 is 14.7 Å². The van der Waals surface area contributed by atoms with Gasteiger partial charge >= 0.3 is 6.09 Å². The topological polar surface area (TPSA) is 49.8 Å². The third-order valence-corrected chi connectivity index (χ3v) is 3.97. The highest BCUT2D eigenvalue weighted by atomic mass is 32.1. The van der Waals surface area contributed by atoms with E-state index in [-0.39, 0.29) is 6.09 Å². The van der Waals surface area contributed by atoms with Gasteiger partial charge in [0.2, 0.25) is 0 Å². The van der Waals surface area contributed by atoms with E-state index in [9.17, 15) is 9.90 Å². The minimum absolute atomic E-state index is 0.311. The molecule has 4 nitrogen and oxygen atoms in total. The highest BCUT2D eigenvalue weighted by molar-refractivity contribution is 7.08. The molecule has 2 rings (SSSR count). The number of unbranched alkanes of at least 4 members (excludes halogenated alkanes) is 1. The van der Waals surface area contributed by atoms with Gasteiger partial charge in [0.05, 0.1) is 13.2 Å². The third kappa shape index (κ3) is 2.84. The van der Waals surface area contributed by atoms with Gasteiger partial charge in [-0.2, -0.15) is 11.3 Å². The second-order valence-electron chi connectivity index (χ2n) is 4.68. The van der Waals surface area contributed by atoms with Crippen LogP contribution < -0.4 is 0 Å². The van der Waals surface area contributed by atoms with Crippen molar-refractivity contribution in [3.8, 4) is 0 Å². The zero-order chi connectivity index (χ0) is 13.0. The summed E-state index contributed by atoms with van der Waals surface area (Å²) in [5.74, 6) is 0. The predicted octanol–water partition coefficient (Wildman–Crippen LogP) is 2.58. The highest BCUT2D eigenvalue weighted by Crippen LogP contribution is 2.33. The van der Waals surface area contributed by atoms with Crippen molar-refractivity contribution in [2.75, 3.05) is 19.7 Å². The number of ether oxygens (including phenoxy) is 1. The molecule has 1 aliphatic rings. The molecule has 1 aliphatic heterocycles. The Balaban J connectivity index is 1.90. The largest absolute Gasteiger partial charge is 0.449 e. The van der Waals surface area contributed by atoms with Crippen LogP contribution >= 0.6 is 11.3 Å². The summed E-state index contributed by atoms with van der Waals surface area (Å²) in [7, 11) is 0. The zero-order valence-electron chi connectivity index (χ0n) is 10.6. The van der Waals surface area contributed by atoms with Crippen LogP contribution in [0.4, 0.5) is 4.79 Å². The first-order valence-electron chi connectivity index (χ1n) is 6.32. The van der Waals surface area contributed by atoms with Crippen molar-refractivity contribution < 1.29 is 14.6 Å². The molecule has 18 heavy (non-hydrogen) atoms. The summed E-state index contributed by atoms with van der Waals surface area (Å²) in [5.41, 5.74) is 0.000374. The van der Waals surface area contributed by atoms with Crippen LogP contribution in [0.25, 0.3) is 0 Å². The second-order valence-corrected chi connectivity index (χ2v) is 5.46. The van der Waals surface area contributed by atoms with Crippen LogP contribution in [0.5, 0.6) is 0 Å². The first-order chi connectivity index (χ1) is 8.65. The van der Waals surface area contributed by atoms with E-state index in [0.29, 0.717) is 26.1 Å². The minimum atomic E-state index is -0.899. The molecule has 0 spiro atoms. The van der Waals surface area contributed by atoms with Gasteiger partial charge in [0, 0.05) is 6.54 Å². The summed E-state index contributed by atoms with van der Waals surface area (Å²) in [4.78, 5) is 13.4. The Kier molecular flexibility index (Phi) is 4.24. The van der Waals surface area contributed by atoms with E-state index in [1.165, 1.54) is 0 Å². The Labute approximate surface area is 111 Å². The standard InChI is InChI=1S/C13H19NO3S/c1-2-3-7-17-12(15)14-6-5-13(16,10-14)11-4-8-18-9-11/h4,8-9,16H,2-3,5-7,10H2,1H3. The lowest BCUT2D eigenvalue weighted by Crippen LogP contribution is -2.34. The lowest BCUT2D eigenvalue weighted by Gasteiger charge is -2.22. The average molecular weight is 269 g/mol. The maximum atomic E-state index is 11.8. The number of rotatable bonds is 4. The highest BCUT2D eigenvalue weighted by Gasteiger charge is 2.40. The van der Waals surface area contributed by atoms with Crippen LogP contribution in [0.15, 0.2) is 16.8 Å². The van der Waals surface area contributed by atoms with Crippen LogP contribution in [-0.4, -0.2) is 35.8 Å². The summed E-state index contributed by atoms with van der Waals surface area (Å²) < 4.78 is 5.16. The van der Waals surface area contributed by atoms with E-state index in [1.807, 2.05) is 16.8 Å². The molecule has 1 atom stereocenters. The van der Waals surface area contributed by atoms with Gasteiger partial charge in [0.25, 0.3) is 0 Å².